The smallest absolute Gasteiger partial charge is 0.150 e. The topological polar surface area (TPSA) is 29.0 Å². The van der Waals surface area contributed by atoms with Gasteiger partial charge in [-0.05, 0) is 32.9 Å². The summed E-state index contributed by atoms with van der Waals surface area (Å²) in [4.78, 5) is 13.7. The average molecular weight is 247 g/mol. The molecule has 0 radical (unpaired) electrons. The molecule has 0 saturated carbocycles. The van der Waals surface area contributed by atoms with Gasteiger partial charge in [-0.15, -0.1) is 11.3 Å². The van der Waals surface area contributed by atoms with Crippen molar-refractivity contribution in [1.29, 1.82) is 0 Å². The van der Waals surface area contributed by atoms with Gasteiger partial charge in [0.05, 0.1) is 17.9 Å². The molecule has 0 spiro atoms. The number of thiophene rings is 1. The van der Waals surface area contributed by atoms with Crippen molar-refractivity contribution in [2.75, 3.05) is 11.9 Å². The molecular formula is C13H17N3S. The minimum atomic E-state index is 0.886. The van der Waals surface area contributed by atoms with Crippen LogP contribution in [0.2, 0.25) is 0 Å². The largest absolute Gasteiger partial charge is 0.353 e. The van der Waals surface area contributed by atoms with Crippen LogP contribution in [-0.4, -0.2) is 17.0 Å². The third kappa shape index (κ3) is 2.82. The van der Waals surface area contributed by atoms with E-state index in [9.17, 15) is 0 Å². The average Bonchev–Trinajstić information content (AvgIpc) is 2.67. The van der Waals surface area contributed by atoms with E-state index < -0.39 is 0 Å². The van der Waals surface area contributed by atoms with E-state index >= 15 is 0 Å². The highest BCUT2D eigenvalue weighted by molar-refractivity contribution is 7.11. The van der Waals surface area contributed by atoms with Gasteiger partial charge in [-0.2, -0.15) is 0 Å². The summed E-state index contributed by atoms with van der Waals surface area (Å²) in [5, 5.41) is 0. The van der Waals surface area contributed by atoms with Gasteiger partial charge >= 0.3 is 0 Å². The second-order valence-corrected chi connectivity index (χ2v) is 5.66. The van der Waals surface area contributed by atoms with Crippen molar-refractivity contribution in [3.63, 3.8) is 0 Å². The van der Waals surface area contributed by atoms with Crippen LogP contribution in [0.1, 0.15) is 21.1 Å². The molecule has 2 heterocycles. The Labute approximate surface area is 106 Å². The molecule has 2 aromatic heterocycles. The summed E-state index contributed by atoms with van der Waals surface area (Å²) in [6.07, 6.45) is 1.81. The first kappa shape index (κ1) is 12.0. The van der Waals surface area contributed by atoms with Crippen LogP contribution in [0.25, 0.3) is 0 Å². The first-order valence-electron chi connectivity index (χ1n) is 5.63. The predicted octanol–water partition coefficient (Wildman–Crippen LogP) is 3.10. The molecule has 0 aliphatic heterocycles. The number of anilines is 1. The summed E-state index contributed by atoms with van der Waals surface area (Å²) in [5.74, 6) is 0.969. The summed E-state index contributed by atoms with van der Waals surface area (Å²) in [5.41, 5.74) is 1.94. The maximum atomic E-state index is 4.54. The van der Waals surface area contributed by atoms with Crippen LogP contribution in [0.15, 0.2) is 18.3 Å². The standard InChI is InChI=1S/C13H17N3S/c1-9-7-14-11(3)13(15-9)16(4)8-12-6-5-10(2)17-12/h5-7H,8H2,1-4H3. The monoisotopic (exact) mass is 247 g/mol. The van der Waals surface area contributed by atoms with Crippen molar-refractivity contribution >= 4 is 17.2 Å². The van der Waals surface area contributed by atoms with Crippen LogP contribution >= 0.6 is 11.3 Å². The summed E-state index contributed by atoms with van der Waals surface area (Å²) >= 11 is 1.83. The van der Waals surface area contributed by atoms with E-state index in [0.717, 1.165) is 23.8 Å². The van der Waals surface area contributed by atoms with Crippen molar-refractivity contribution in [2.45, 2.75) is 27.3 Å². The number of aromatic nitrogens is 2. The van der Waals surface area contributed by atoms with Gasteiger partial charge in [0, 0.05) is 23.0 Å². The van der Waals surface area contributed by atoms with Crippen LogP contribution in [0, 0.1) is 20.8 Å². The normalized spacial score (nSPS) is 10.6. The van der Waals surface area contributed by atoms with E-state index in [0.29, 0.717) is 0 Å². The maximum absolute atomic E-state index is 4.54. The summed E-state index contributed by atoms with van der Waals surface area (Å²) in [6, 6.07) is 4.33. The fraction of sp³-hybridized carbons (Fsp3) is 0.385. The van der Waals surface area contributed by atoms with Crippen molar-refractivity contribution in [3.05, 3.63) is 39.5 Å². The highest BCUT2D eigenvalue weighted by Gasteiger charge is 2.09. The molecule has 3 nitrogen and oxygen atoms in total. The van der Waals surface area contributed by atoms with Crippen molar-refractivity contribution in [1.82, 2.24) is 9.97 Å². The summed E-state index contributed by atoms with van der Waals surface area (Å²) < 4.78 is 0. The minimum Gasteiger partial charge on any atom is -0.353 e. The van der Waals surface area contributed by atoms with E-state index in [2.05, 4.69) is 41.0 Å². The van der Waals surface area contributed by atoms with Gasteiger partial charge < -0.3 is 4.90 Å². The first-order chi connectivity index (χ1) is 8.06. The van der Waals surface area contributed by atoms with Crippen LogP contribution in [-0.2, 0) is 6.54 Å². The van der Waals surface area contributed by atoms with Gasteiger partial charge in [-0.25, -0.2) is 4.98 Å². The molecule has 17 heavy (non-hydrogen) atoms. The number of nitrogens with zero attached hydrogens (tertiary/aromatic N) is 3. The Hall–Kier alpha value is -1.42. The van der Waals surface area contributed by atoms with E-state index in [4.69, 9.17) is 0 Å². The minimum absolute atomic E-state index is 0.886. The highest BCUT2D eigenvalue weighted by Crippen LogP contribution is 2.20. The molecule has 2 rings (SSSR count). The van der Waals surface area contributed by atoms with Crippen LogP contribution in [0.5, 0.6) is 0 Å². The lowest BCUT2D eigenvalue weighted by Gasteiger charge is -2.19. The van der Waals surface area contributed by atoms with E-state index in [-0.39, 0.29) is 0 Å². The molecule has 0 saturated heterocycles. The Bertz CT molecular complexity index is 519. The van der Waals surface area contributed by atoms with E-state index in [1.165, 1.54) is 9.75 Å². The Balaban J connectivity index is 2.19. The third-order valence-electron chi connectivity index (χ3n) is 2.60. The molecule has 2 aromatic rings. The molecule has 0 fully saturated rings. The van der Waals surface area contributed by atoms with Crippen molar-refractivity contribution < 1.29 is 0 Å². The quantitative estimate of drug-likeness (QED) is 0.834. The lowest BCUT2D eigenvalue weighted by molar-refractivity contribution is 0.880. The molecule has 4 heteroatoms. The van der Waals surface area contributed by atoms with Gasteiger partial charge in [-0.1, -0.05) is 0 Å². The molecule has 0 bridgehead atoms. The zero-order chi connectivity index (χ0) is 12.4. The second kappa shape index (κ2) is 4.84. The number of hydrogen-bond donors (Lipinski definition) is 0. The third-order valence-corrected chi connectivity index (χ3v) is 3.59. The van der Waals surface area contributed by atoms with Gasteiger partial charge in [0.15, 0.2) is 0 Å². The lowest BCUT2D eigenvalue weighted by atomic mass is 10.3. The fourth-order valence-corrected chi connectivity index (χ4v) is 2.71. The number of aryl methyl sites for hydroxylation is 3. The van der Waals surface area contributed by atoms with Crippen LogP contribution in [0.4, 0.5) is 5.82 Å². The summed E-state index contributed by atoms with van der Waals surface area (Å²) in [7, 11) is 2.06. The molecule has 90 valence electrons. The highest BCUT2D eigenvalue weighted by atomic mass is 32.1. The second-order valence-electron chi connectivity index (χ2n) is 4.29. The maximum Gasteiger partial charge on any atom is 0.150 e. The zero-order valence-corrected chi connectivity index (χ0v) is 11.5. The Morgan fingerprint density at radius 1 is 1.24 bits per heavy atom. The Kier molecular flexibility index (Phi) is 3.43. The van der Waals surface area contributed by atoms with Crippen molar-refractivity contribution in [2.24, 2.45) is 0 Å². The molecule has 0 unspecified atom stereocenters. The Morgan fingerprint density at radius 3 is 2.65 bits per heavy atom. The zero-order valence-electron chi connectivity index (χ0n) is 10.7. The predicted molar refractivity (Wildman–Crippen MR) is 72.7 cm³/mol. The van der Waals surface area contributed by atoms with Gasteiger partial charge in [0.1, 0.15) is 5.82 Å². The molecule has 0 atom stereocenters. The molecule has 0 aliphatic rings. The number of hydrogen-bond acceptors (Lipinski definition) is 4. The SMILES string of the molecule is Cc1cnc(C)c(N(C)Cc2ccc(C)s2)n1. The molecule has 0 amide bonds. The molecule has 0 N–H and O–H groups in total. The molecular weight excluding hydrogens is 230 g/mol. The van der Waals surface area contributed by atoms with Gasteiger partial charge in [0.25, 0.3) is 0 Å². The van der Waals surface area contributed by atoms with Crippen LogP contribution < -0.4 is 4.90 Å². The lowest BCUT2D eigenvalue weighted by Crippen LogP contribution is -2.19. The molecule has 0 aromatic carbocycles. The molecule has 0 aliphatic carbocycles. The fourth-order valence-electron chi connectivity index (χ4n) is 1.77. The van der Waals surface area contributed by atoms with Gasteiger partial charge in [-0.3, -0.25) is 4.98 Å². The number of rotatable bonds is 3. The summed E-state index contributed by atoms with van der Waals surface area (Å²) in [6.45, 7) is 6.99. The van der Waals surface area contributed by atoms with Crippen molar-refractivity contribution in [3.8, 4) is 0 Å². The van der Waals surface area contributed by atoms with E-state index in [1.807, 2.05) is 31.4 Å². The van der Waals surface area contributed by atoms with Gasteiger partial charge in [0.2, 0.25) is 0 Å². The van der Waals surface area contributed by atoms with E-state index in [1.54, 1.807) is 0 Å². The van der Waals surface area contributed by atoms with Crippen LogP contribution in [0.3, 0.4) is 0 Å². The first-order valence-corrected chi connectivity index (χ1v) is 6.44. The Morgan fingerprint density at radius 2 is 2.00 bits per heavy atom.